The Kier molecular flexibility index (Phi) is 4.74. The Morgan fingerprint density at radius 2 is 1.69 bits per heavy atom. The molecule has 0 atom stereocenters. The Hall–Kier alpha value is -0.0800. The molecule has 78 valence electrons. The fraction of sp³-hybridized carbons (Fsp3) is 1.00. The van der Waals surface area contributed by atoms with Crippen LogP contribution in [0.4, 0.5) is 0 Å². The lowest BCUT2D eigenvalue weighted by molar-refractivity contribution is 0.211. The Morgan fingerprint density at radius 1 is 1.15 bits per heavy atom. The molecule has 1 fully saturated rings. The maximum atomic E-state index is 5.67. The van der Waals surface area contributed by atoms with E-state index in [2.05, 4.69) is 18.9 Å². The first-order valence-electron chi connectivity index (χ1n) is 5.64. The highest BCUT2D eigenvalue weighted by atomic mass is 15.1. The highest BCUT2D eigenvalue weighted by Crippen LogP contribution is 2.28. The van der Waals surface area contributed by atoms with Gasteiger partial charge in [-0.2, -0.15) is 0 Å². The molecule has 0 aliphatic heterocycles. The minimum absolute atomic E-state index is 0.822. The Balaban J connectivity index is 2.17. The zero-order valence-electron chi connectivity index (χ0n) is 9.13. The largest absolute Gasteiger partial charge is 0.330 e. The molecule has 2 N–H and O–H groups in total. The summed E-state index contributed by atoms with van der Waals surface area (Å²) >= 11 is 0. The smallest absolute Gasteiger partial charge is 0.000649 e. The molecule has 2 heteroatoms. The summed E-state index contributed by atoms with van der Waals surface area (Å²) < 4.78 is 0. The third-order valence-electron chi connectivity index (χ3n) is 3.41. The lowest BCUT2D eigenvalue weighted by Crippen LogP contribution is -2.29. The summed E-state index contributed by atoms with van der Waals surface area (Å²) in [6.07, 6.45) is 5.51. The standard InChI is InChI=1S/C11H24N2/c1-3-13(2)9-11-6-4-10(8-12)5-7-11/h10-11H,3-9,12H2,1-2H3. The fourth-order valence-electron chi connectivity index (χ4n) is 2.22. The number of rotatable bonds is 4. The van der Waals surface area contributed by atoms with E-state index in [0.717, 1.165) is 18.4 Å². The van der Waals surface area contributed by atoms with Crippen molar-refractivity contribution in [2.24, 2.45) is 17.6 Å². The van der Waals surface area contributed by atoms with Crippen LogP contribution in [-0.2, 0) is 0 Å². The van der Waals surface area contributed by atoms with Crippen molar-refractivity contribution >= 4 is 0 Å². The van der Waals surface area contributed by atoms with Gasteiger partial charge in [0.25, 0.3) is 0 Å². The molecule has 1 rings (SSSR count). The van der Waals surface area contributed by atoms with Gasteiger partial charge in [-0.25, -0.2) is 0 Å². The van der Waals surface area contributed by atoms with Crippen molar-refractivity contribution in [2.45, 2.75) is 32.6 Å². The molecule has 0 radical (unpaired) electrons. The molecule has 0 spiro atoms. The molecule has 0 saturated heterocycles. The Morgan fingerprint density at radius 3 is 2.15 bits per heavy atom. The van der Waals surface area contributed by atoms with E-state index in [0.29, 0.717) is 0 Å². The first-order valence-corrected chi connectivity index (χ1v) is 5.64. The molecule has 1 aliphatic rings. The summed E-state index contributed by atoms with van der Waals surface area (Å²) in [5.74, 6) is 1.76. The van der Waals surface area contributed by atoms with E-state index in [-0.39, 0.29) is 0 Å². The van der Waals surface area contributed by atoms with Gasteiger partial charge in [-0.05, 0) is 57.7 Å². The van der Waals surface area contributed by atoms with Crippen LogP contribution in [0.25, 0.3) is 0 Å². The summed E-state index contributed by atoms with van der Waals surface area (Å²) in [4.78, 5) is 2.42. The summed E-state index contributed by atoms with van der Waals surface area (Å²) in [6, 6.07) is 0. The molecule has 13 heavy (non-hydrogen) atoms. The molecular weight excluding hydrogens is 160 g/mol. The van der Waals surface area contributed by atoms with E-state index in [1.807, 2.05) is 0 Å². The fourth-order valence-corrected chi connectivity index (χ4v) is 2.22. The van der Waals surface area contributed by atoms with Crippen molar-refractivity contribution in [3.05, 3.63) is 0 Å². The van der Waals surface area contributed by atoms with Crippen molar-refractivity contribution in [1.29, 1.82) is 0 Å². The van der Waals surface area contributed by atoms with Crippen molar-refractivity contribution in [3.8, 4) is 0 Å². The third kappa shape index (κ3) is 3.65. The maximum absolute atomic E-state index is 5.67. The zero-order valence-corrected chi connectivity index (χ0v) is 9.13. The van der Waals surface area contributed by atoms with Crippen molar-refractivity contribution in [1.82, 2.24) is 4.90 Å². The van der Waals surface area contributed by atoms with Crippen molar-refractivity contribution < 1.29 is 0 Å². The van der Waals surface area contributed by atoms with Crippen LogP contribution < -0.4 is 5.73 Å². The Labute approximate surface area is 82.5 Å². The van der Waals surface area contributed by atoms with Crippen LogP contribution in [0, 0.1) is 11.8 Å². The van der Waals surface area contributed by atoms with Crippen LogP contribution in [-0.4, -0.2) is 31.6 Å². The molecule has 0 unspecified atom stereocenters. The monoisotopic (exact) mass is 184 g/mol. The molecule has 0 bridgehead atoms. The summed E-state index contributed by atoms with van der Waals surface area (Å²) in [7, 11) is 2.22. The molecular formula is C11H24N2. The van der Waals surface area contributed by atoms with Crippen LogP contribution in [0.15, 0.2) is 0 Å². The maximum Gasteiger partial charge on any atom is 0.000649 e. The van der Waals surface area contributed by atoms with Crippen molar-refractivity contribution in [2.75, 3.05) is 26.7 Å². The van der Waals surface area contributed by atoms with E-state index in [1.54, 1.807) is 0 Å². The first-order chi connectivity index (χ1) is 6.26. The van der Waals surface area contributed by atoms with Crippen LogP contribution in [0.2, 0.25) is 0 Å². The SMILES string of the molecule is CCN(C)CC1CCC(CN)CC1. The molecule has 0 heterocycles. The second-order valence-electron chi connectivity index (χ2n) is 4.48. The summed E-state index contributed by atoms with van der Waals surface area (Å²) in [5.41, 5.74) is 5.67. The highest BCUT2D eigenvalue weighted by Gasteiger charge is 2.20. The van der Waals surface area contributed by atoms with Crippen LogP contribution in [0.5, 0.6) is 0 Å². The predicted molar refractivity (Wildman–Crippen MR) is 57.7 cm³/mol. The van der Waals surface area contributed by atoms with E-state index in [9.17, 15) is 0 Å². The molecule has 1 aliphatic carbocycles. The summed E-state index contributed by atoms with van der Waals surface area (Å²) in [5, 5.41) is 0. The lowest BCUT2D eigenvalue weighted by atomic mass is 9.82. The molecule has 0 aromatic rings. The summed E-state index contributed by atoms with van der Waals surface area (Å²) in [6.45, 7) is 5.59. The molecule has 1 saturated carbocycles. The number of hydrogen-bond donors (Lipinski definition) is 1. The average Bonchev–Trinajstić information content (AvgIpc) is 2.19. The van der Waals surface area contributed by atoms with Gasteiger partial charge in [0.15, 0.2) is 0 Å². The first kappa shape index (κ1) is 11.0. The topological polar surface area (TPSA) is 29.3 Å². The normalized spacial score (nSPS) is 29.5. The molecule has 2 nitrogen and oxygen atoms in total. The van der Waals surface area contributed by atoms with Gasteiger partial charge in [0.1, 0.15) is 0 Å². The second kappa shape index (κ2) is 5.61. The Bertz CT molecular complexity index is 128. The van der Waals surface area contributed by atoms with E-state index in [4.69, 9.17) is 5.73 Å². The predicted octanol–water partition coefficient (Wildman–Crippen LogP) is 1.70. The van der Waals surface area contributed by atoms with Crippen LogP contribution in [0.1, 0.15) is 32.6 Å². The quantitative estimate of drug-likeness (QED) is 0.720. The molecule has 0 amide bonds. The van der Waals surface area contributed by atoms with Gasteiger partial charge in [0.05, 0.1) is 0 Å². The van der Waals surface area contributed by atoms with Crippen LogP contribution >= 0.6 is 0 Å². The van der Waals surface area contributed by atoms with E-state index >= 15 is 0 Å². The lowest BCUT2D eigenvalue weighted by Gasteiger charge is -2.30. The minimum atomic E-state index is 0.822. The average molecular weight is 184 g/mol. The third-order valence-corrected chi connectivity index (χ3v) is 3.41. The van der Waals surface area contributed by atoms with Gasteiger partial charge in [-0.15, -0.1) is 0 Å². The number of nitrogens with zero attached hydrogens (tertiary/aromatic N) is 1. The number of nitrogens with two attached hydrogens (primary N) is 1. The zero-order chi connectivity index (χ0) is 9.68. The van der Waals surface area contributed by atoms with E-state index in [1.165, 1.54) is 38.8 Å². The van der Waals surface area contributed by atoms with Gasteiger partial charge < -0.3 is 10.6 Å². The molecule has 0 aromatic carbocycles. The molecule has 0 aromatic heterocycles. The van der Waals surface area contributed by atoms with Crippen molar-refractivity contribution in [3.63, 3.8) is 0 Å². The number of hydrogen-bond acceptors (Lipinski definition) is 2. The van der Waals surface area contributed by atoms with Gasteiger partial charge in [-0.3, -0.25) is 0 Å². The minimum Gasteiger partial charge on any atom is -0.330 e. The van der Waals surface area contributed by atoms with Gasteiger partial charge >= 0.3 is 0 Å². The van der Waals surface area contributed by atoms with Gasteiger partial charge in [0.2, 0.25) is 0 Å². The van der Waals surface area contributed by atoms with Crippen LogP contribution in [0.3, 0.4) is 0 Å². The van der Waals surface area contributed by atoms with Gasteiger partial charge in [0, 0.05) is 6.54 Å². The highest BCUT2D eigenvalue weighted by molar-refractivity contribution is 4.74. The van der Waals surface area contributed by atoms with E-state index < -0.39 is 0 Å². The van der Waals surface area contributed by atoms with Gasteiger partial charge in [-0.1, -0.05) is 6.92 Å². The second-order valence-corrected chi connectivity index (χ2v) is 4.48.